The largest absolute Gasteiger partial charge is 0.336 e. The van der Waals surface area contributed by atoms with E-state index in [2.05, 4.69) is 0 Å². The number of hydrogen-bond acceptors (Lipinski definition) is 3. The minimum Gasteiger partial charge on any atom is -0.336 e. The second-order valence-electron chi connectivity index (χ2n) is 5.33. The number of carbonyl (C=O) groups excluding carboxylic acids is 2. The van der Waals surface area contributed by atoms with E-state index in [0.29, 0.717) is 31.7 Å². The van der Waals surface area contributed by atoms with Gasteiger partial charge in [0, 0.05) is 42.7 Å². The van der Waals surface area contributed by atoms with Gasteiger partial charge in [-0.05, 0) is 29.7 Å². The van der Waals surface area contributed by atoms with Gasteiger partial charge in [-0.25, -0.2) is 0 Å². The average molecular weight is 326 g/mol. The van der Waals surface area contributed by atoms with Gasteiger partial charge < -0.3 is 9.80 Å². The fourth-order valence-corrected chi connectivity index (χ4v) is 3.16. The number of rotatable bonds is 3. The number of amides is 2. The van der Waals surface area contributed by atoms with Crippen LogP contribution >= 0.6 is 11.3 Å². The van der Waals surface area contributed by atoms with Crippen LogP contribution < -0.4 is 0 Å². The molecule has 4 nitrogen and oxygen atoms in total. The van der Waals surface area contributed by atoms with Crippen LogP contribution in [0.5, 0.6) is 0 Å². The fraction of sp³-hybridized carbons (Fsp3) is 0.222. The topological polar surface area (TPSA) is 40.6 Å². The van der Waals surface area contributed by atoms with E-state index < -0.39 is 0 Å². The molecule has 0 atom stereocenters. The van der Waals surface area contributed by atoms with Gasteiger partial charge in [0.15, 0.2) is 0 Å². The maximum atomic E-state index is 12.4. The van der Waals surface area contributed by atoms with Crippen LogP contribution in [0.15, 0.2) is 53.9 Å². The summed E-state index contributed by atoms with van der Waals surface area (Å²) in [5.41, 5.74) is 0.699. The third kappa shape index (κ3) is 3.87. The summed E-state index contributed by atoms with van der Waals surface area (Å²) >= 11 is 1.60. The van der Waals surface area contributed by atoms with E-state index >= 15 is 0 Å². The zero-order valence-corrected chi connectivity index (χ0v) is 13.5. The lowest BCUT2D eigenvalue weighted by Gasteiger charge is -2.34. The lowest BCUT2D eigenvalue weighted by atomic mass is 10.2. The Morgan fingerprint density at radius 2 is 1.61 bits per heavy atom. The summed E-state index contributed by atoms with van der Waals surface area (Å²) in [6.45, 7) is 2.30. The van der Waals surface area contributed by atoms with Gasteiger partial charge in [-0.15, -0.1) is 11.3 Å². The molecular formula is C18H18N2O2S. The molecule has 0 saturated carbocycles. The molecular weight excluding hydrogens is 308 g/mol. The minimum absolute atomic E-state index is 0.00482. The van der Waals surface area contributed by atoms with Crippen molar-refractivity contribution in [2.45, 2.75) is 0 Å². The molecule has 118 valence electrons. The predicted molar refractivity (Wildman–Crippen MR) is 92.3 cm³/mol. The second-order valence-corrected chi connectivity index (χ2v) is 6.31. The maximum Gasteiger partial charge on any atom is 0.253 e. The number of benzene rings is 1. The molecule has 2 amide bonds. The van der Waals surface area contributed by atoms with Gasteiger partial charge in [-0.3, -0.25) is 9.59 Å². The minimum atomic E-state index is 0.00482. The predicted octanol–water partition coefficient (Wildman–Crippen LogP) is 2.75. The summed E-state index contributed by atoms with van der Waals surface area (Å²) in [4.78, 5) is 29.2. The number of carbonyl (C=O) groups is 2. The van der Waals surface area contributed by atoms with E-state index in [-0.39, 0.29) is 11.8 Å². The van der Waals surface area contributed by atoms with Crippen LogP contribution in [0.25, 0.3) is 6.08 Å². The van der Waals surface area contributed by atoms with Gasteiger partial charge in [0.25, 0.3) is 5.91 Å². The van der Waals surface area contributed by atoms with Gasteiger partial charge in [-0.1, -0.05) is 24.3 Å². The van der Waals surface area contributed by atoms with E-state index in [9.17, 15) is 9.59 Å². The van der Waals surface area contributed by atoms with Crippen molar-refractivity contribution in [1.82, 2.24) is 9.80 Å². The first-order chi connectivity index (χ1) is 11.2. The van der Waals surface area contributed by atoms with Gasteiger partial charge in [0.1, 0.15) is 0 Å². The Balaban J connectivity index is 1.54. The van der Waals surface area contributed by atoms with Crippen LogP contribution in [0, 0.1) is 0 Å². The number of piperazine rings is 1. The zero-order valence-electron chi connectivity index (χ0n) is 12.7. The Labute approximate surface area is 139 Å². The van der Waals surface area contributed by atoms with Gasteiger partial charge in [-0.2, -0.15) is 0 Å². The molecule has 23 heavy (non-hydrogen) atoms. The van der Waals surface area contributed by atoms with E-state index in [0.717, 1.165) is 4.88 Å². The summed E-state index contributed by atoms with van der Waals surface area (Å²) in [6.07, 6.45) is 3.45. The lowest BCUT2D eigenvalue weighted by molar-refractivity contribution is -0.127. The quantitative estimate of drug-likeness (QED) is 0.814. The summed E-state index contributed by atoms with van der Waals surface area (Å²) in [6, 6.07) is 13.2. The Morgan fingerprint density at radius 3 is 2.26 bits per heavy atom. The lowest BCUT2D eigenvalue weighted by Crippen LogP contribution is -2.50. The van der Waals surface area contributed by atoms with Crippen LogP contribution in [0.4, 0.5) is 0 Å². The highest BCUT2D eigenvalue weighted by molar-refractivity contribution is 7.10. The molecule has 0 unspecified atom stereocenters. The summed E-state index contributed by atoms with van der Waals surface area (Å²) in [7, 11) is 0. The molecule has 1 fully saturated rings. The first kappa shape index (κ1) is 15.5. The Morgan fingerprint density at radius 1 is 0.913 bits per heavy atom. The molecule has 0 bridgehead atoms. The van der Waals surface area contributed by atoms with Crippen molar-refractivity contribution in [3.05, 3.63) is 64.4 Å². The van der Waals surface area contributed by atoms with Gasteiger partial charge >= 0.3 is 0 Å². The standard InChI is InChI=1S/C18H18N2O2S/c21-17(9-8-16-7-4-14-23-16)19-10-12-20(13-11-19)18(22)15-5-2-1-3-6-15/h1-9,14H,10-13H2/b9-8+. The number of thiophene rings is 1. The van der Waals surface area contributed by atoms with Crippen molar-refractivity contribution in [3.8, 4) is 0 Å². The molecule has 2 aromatic rings. The molecule has 3 rings (SSSR count). The van der Waals surface area contributed by atoms with Gasteiger partial charge in [0.05, 0.1) is 0 Å². The van der Waals surface area contributed by atoms with Crippen LogP contribution in [0.3, 0.4) is 0 Å². The first-order valence-electron chi connectivity index (χ1n) is 7.59. The van der Waals surface area contributed by atoms with Crippen LogP contribution in [-0.4, -0.2) is 47.8 Å². The molecule has 1 saturated heterocycles. The SMILES string of the molecule is O=C(/C=C/c1cccs1)N1CCN(C(=O)c2ccccc2)CC1. The fourth-order valence-electron chi connectivity index (χ4n) is 2.54. The monoisotopic (exact) mass is 326 g/mol. The van der Waals surface area contributed by atoms with Crippen molar-refractivity contribution in [1.29, 1.82) is 0 Å². The van der Waals surface area contributed by atoms with Crippen molar-refractivity contribution in [2.75, 3.05) is 26.2 Å². The van der Waals surface area contributed by atoms with Crippen LogP contribution in [-0.2, 0) is 4.79 Å². The van der Waals surface area contributed by atoms with Crippen molar-refractivity contribution < 1.29 is 9.59 Å². The second kappa shape index (κ2) is 7.24. The summed E-state index contributed by atoms with van der Waals surface area (Å²) in [5, 5.41) is 1.98. The average Bonchev–Trinajstić information content (AvgIpc) is 3.13. The smallest absolute Gasteiger partial charge is 0.253 e. The van der Waals surface area contributed by atoms with Crippen LogP contribution in [0.2, 0.25) is 0 Å². The Bertz CT molecular complexity index is 687. The van der Waals surface area contributed by atoms with E-state index in [1.165, 1.54) is 0 Å². The van der Waals surface area contributed by atoms with E-state index in [1.807, 2.05) is 58.8 Å². The number of hydrogen-bond donors (Lipinski definition) is 0. The number of nitrogens with zero attached hydrogens (tertiary/aromatic N) is 2. The molecule has 5 heteroatoms. The first-order valence-corrected chi connectivity index (χ1v) is 8.47. The molecule has 0 N–H and O–H groups in total. The van der Waals surface area contributed by atoms with Crippen molar-refractivity contribution in [2.24, 2.45) is 0 Å². The molecule has 0 radical (unpaired) electrons. The van der Waals surface area contributed by atoms with Crippen molar-refractivity contribution in [3.63, 3.8) is 0 Å². The third-order valence-electron chi connectivity index (χ3n) is 3.83. The molecule has 1 aromatic carbocycles. The van der Waals surface area contributed by atoms with E-state index in [4.69, 9.17) is 0 Å². The Kier molecular flexibility index (Phi) is 4.88. The maximum absolute atomic E-state index is 12.4. The molecule has 0 aliphatic carbocycles. The molecule has 2 heterocycles. The molecule has 1 aromatic heterocycles. The highest BCUT2D eigenvalue weighted by Gasteiger charge is 2.23. The Hall–Kier alpha value is -2.40. The molecule has 0 spiro atoms. The van der Waals surface area contributed by atoms with Crippen LogP contribution in [0.1, 0.15) is 15.2 Å². The normalized spacial score (nSPS) is 15.1. The summed E-state index contributed by atoms with van der Waals surface area (Å²) < 4.78 is 0. The highest BCUT2D eigenvalue weighted by Crippen LogP contribution is 2.12. The molecule has 1 aliphatic heterocycles. The van der Waals surface area contributed by atoms with Crippen molar-refractivity contribution >= 4 is 29.2 Å². The van der Waals surface area contributed by atoms with Gasteiger partial charge in [0.2, 0.25) is 5.91 Å². The zero-order chi connectivity index (χ0) is 16.1. The van der Waals surface area contributed by atoms with E-state index in [1.54, 1.807) is 22.3 Å². The highest BCUT2D eigenvalue weighted by atomic mass is 32.1. The third-order valence-corrected chi connectivity index (χ3v) is 4.67. The molecule has 1 aliphatic rings. The summed E-state index contributed by atoms with van der Waals surface area (Å²) in [5.74, 6) is 0.0389.